The summed E-state index contributed by atoms with van der Waals surface area (Å²) in [5.74, 6) is 1.54. The van der Waals surface area contributed by atoms with Crippen LogP contribution in [0, 0.1) is 6.92 Å². The SMILES string of the molecule is CC(=O)Nc1ccc(-c2cn3c(-c4ccco4)c(-c4ccco4)nnc3n2)cc1C. The van der Waals surface area contributed by atoms with Gasteiger partial charge in [-0.1, -0.05) is 6.07 Å². The maximum atomic E-state index is 11.4. The average molecular weight is 399 g/mol. The summed E-state index contributed by atoms with van der Waals surface area (Å²) in [5.41, 5.74) is 4.59. The van der Waals surface area contributed by atoms with E-state index in [2.05, 4.69) is 20.5 Å². The zero-order chi connectivity index (χ0) is 20.7. The van der Waals surface area contributed by atoms with Crippen molar-refractivity contribution >= 4 is 17.4 Å². The second kappa shape index (κ2) is 7.00. The first-order valence-electron chi connectivity index (χ1n) is 9.32. The number of carbonyl (C=O) groups excluding carboxylic acids is 1. The summed E-state index contributed by atoms with van der Waals surface area (Å²) < 4.78 is 13.0. The van der Waals surface area contributed by atoms with Crippen LogP contribution in [-0.2, 0) is 4.79 Å². The van der Waals surface area contributed by atoms with Gasteiger partial charge in [-0.15, -0.1) is 10.2 Å². The van der Waals surface area contributed by atoms with E-state index in [-0.39, 0.29) is 5.91 Å². The van der Waals surface area contributed by atoms with Gasteiger partial charge >= 0.3 is 0 Å². The Morgan fingerprint density at radius 3 is 2.47 bits per heavy atom. The molecule has 0 bridgehead atoms. The number of anilines is 1. The maximum Gasteiger partial charge on any atom is 0.254 e. The third-order valence-electron chi connectivity index (χ3n) is 4.73. The Labute approximate surface area is 171 Å². The first-order chi connectivity index (χ1) is 14.6. The van der Waals surface area contributed by atoms with Gasteiger partial charge in [0.05, 0.1) is 18.2 Å². The average Bonchev–Trinajstić information content (AvgIpc) is 3.49. The third-order valence-corrected chi connectivity index (χ3v) is 4.73. The number of nitrogens with zero attached hydrogens (tertiary/aromatic N) is 4. The fourth-order valence-electron chi connectivity index (χ4n) is 3.38. The molecule has 4 aromatic heterocycles. The van der Waals surface area contributed by atoms with E-state index in [0.29, 0.717) is 28.7 Å². The number of aryl methyl sites for hydroxylation is 1. The summed E-state index contributed by atoms with van der Waals surface area (Å²) >= 11 is 0. The Hall–Kier alpha value is -4.20. The number of aromatic nitrogens is 4. The summed E-state index contributed by atoms with van der Waals surface area (Å²) in [6.45, 7) is 3.43. The molecule has 0 aliphatic carbocycles. The Morgan fingerprint density at radius 1 is 1.03 bits per heavy atom. The van der Waals surface area contributed by atoms with Crippen molar-refractivity contribution in [2.24, 2.45) is 0 Å². The van der Waals surface area contributed by atoms with Crippen LogP contribution in [0.5, 0.6) is 0 Å². The van der Waals surface area contributed by atoms with Gasteiger partial charge in [-0.2, -0.15) is 0 Å². The van der Waals surface area contributed by atoms with Crippen molar-refractivity contribution in [1.29, 1.82) is 0 Å². The molecule has 0 saturated carbocycles. The van der Waals surface area contributed by atoms with E-state index in [1.54, 1.807) is 18.6 Å². The first-order valence-corrected chi connectivity index (χ1v) is 9.32. The number of benzene rings is 1. The van der Waals surface area contributed by atoms with Crippen molar-refractivity contribution in [1.82, 2.24) is 19.6 Å². The number of fused-ring (bicyclic) bond motifs is 1. The molecule has 1 N–H and O–H groups in total. The van der Waals surface area contributed by atoms with Crippen molar-refractivity contribution in [2.75, 3.05) is 5.32 Å². The molecule has 1 amide bonds. The van der Waals surface area contributed by atoms with E-state index in [4.69, 9.17) is 8.83 Å². The highest BCUT2D eigenvalue weighted by molar-refractivity contribution is 5.90. The molecule has 5 aromatic rings. The monoisotopic (exact) mass is 399 g/mol. The van der Waals surface area contributed by atoms with E-state index >= 15 is 0 Å². The Balaban J connectivity index is 1.67. The molecule has 0 radical (unpaired) electrons. The number of rotatable bonds is 4. The number of hydrogen-bond acceptors (Lipinski definition) is 6. The van der Waals surface area contributed by atoms with E-state index in [1.807, 2.05) is 53.9 Å². The maximum absolute atomic E-state index is 11.4. The minimum atomic E-state index is -0.109. The third kappa shape index (κ3) is 3.04. The molecule has 0 atom stereocenters. The molecule has 8 heteroatoms. The highest BCUT2D eigenvalue weighted by Crippen LogP contribution is 2.32. The lowest BCUT2D eigenvalue weighted by atomic mass is 10.1. The molecule has 0 unspecified atom stereocenters. The number of imidazole rings is 1. The van der Waals surface area contributed by atoms with E-state index in [9.17, 15) is 4.79 Å². The summed E-state index contributed by atoms with van der Waals surface area (Å²) in [4.78, 5) is 16.0. The van der Waals surface area contributed by atoms with Crippen LogP contribution in [0.15, 0.2) is 70.0 Å². The summed E-state index contributed by atoms with van der Waals surface area (Å²) in [5, 5.41) is 11.4. The Bertz CT molecular complexity index is 1350. The van der Waals surface area contributed by atoms with Crippen LogP contribution in [0.2, 0.25) is 0 Å². The molecule has 8 nitrogen and oxygen atoms in total. The standard InChI is InChI=1S/C22H17N5O3/c1-13-11-15(7-8-16(13)23-14(2)28)17-12-27-21(19-6-4-10-30-19)20(18-5-3-9-29-18)25-26-22(27)24-17/h3-12H,1-2H3,(H,23,28). The van der Waals surface area contributed by atoms with Crippen LogP contribution < -0.4 is 5.32 Å². The first kappa shape index (κ1) is 17.9. The summed E-state index contributed by atoms with van der Waals surface area (Å²) in [6.07, 6.45) is 5.09. The fraction of sp³-hybridized carbons (Fsp3) is 0.0909. The Kier molecular flexibility index (Phi) is 4.17. The quantitative estimate of drug-likeness (QED) is 0.475. The molecular weight excluding hydrogens is 382 g/mol. The zero-order valence-corrected chi connectivity index (χ0v) is 16.3. The molecule has 30 heavy (non-hydrogen) atoms. The van der Waals surface area contributed by atoms with E-state index in [0.717, 1.165) is 22.5 Å². The van der Waals surface area contributed by atoms with Crippen LogP contribution in [0.4, 0.5) is 5.69 Å². The van der Waals surface area contributed by atoms with Crippen LogP contribution in [0.1, 0.15) is 12.5 Å². The molecule has 0 aliphatic heterocycles. The molecule has 0 aliphatic rings. The normalized spacial score (nSPS) is 11.1. The van der Waals surface area contributed by atoms with Crippen molar-refractivity contribution in [3.63, 3.8) is 0 Å². The fourth-order valence-corrected chi connectivity index (χ4v) is 3.38. The van der Waals surface area contributed by atoms with Gasteiger partial charge in [0.15, 0.2) is 17.2 Å². The largest absolute Gasteiger partial charge is 0.463 e. The van der Waals surface area contributed by atoms with Gasteiger partial charge in [-0.3, -0.25) is 9.20 Å². The summed E-state index contributed by atoms with van der Waals surface area (Å²) in [7, 11) is 0. The highest BCUT2D eigenvalue weighted by atomic mass is 16.3. The predicted molar refractivity (Wildman–Crippen MR) is 111 cm³/mol. The molecule has 0 fully saturated rings. The second-order valence-electron chi connectivity index (χ2n) is 6.86. The number of amides is 1. The van der Waals surface area contributed by atoms with Gasteiger partial charge in [-0.25, -0.2) is 4.98 Å². The second-order valence-corrected chi connectivity index (χ2v) is 6.86. The number of carbonyl (C=O) groups is 1. The lowest BCUT2D eigenvalue weighted by Crippen LogP contribution is -2.06. The molecule has 148 valence electrons. The summed E-state index contributed by atoms with van der Waals surface area (Å²) in [6, 6.07) is 13.0. The van der Waals surface area contributed by atoms with Gasteiger partial charge in [0, 0.05) is 24.4 Å². The highest BCUT2D eigenvalue weighted by Gasteiger charge is 2.20. The predicted octanol–water partition coefficient (Wildman–Crippen LogP) is 4.58. The number of hydrogen-bond donors (Lipinski definition) is 1. The van der Waals surface area contributed by atoms with Crippen molar-refractivity contribution in [3.05, 3.63) is 66.8 Å². The minimum absolute atomic E-state index is 0.109. The minimum Gasteiger partial charge on any atom is -0.463 e. The lowest BCUT2D eigenvalue weighted by molar-refractivity contribution is -0.114. The number of nitrogens with one attached hydrogen (secondary N) is 1. The van der Waals surface area contributed by atoms with Gasteiger partial charge in [0.1, 0.15) is 5.69 Å². The zero-order valence-electron chi connectivity index (χ0n) is 16.3. The molecule has 1 aromatic carbocycles. The van der Waals surface area contributed by atoms with Gasteiger partial charge in [0.2, 0.25) is 5.91 Å². The lowest BCUT2D eigenvalue weighted by Gasteiger charge is -2.07. The van der Waals surface area contributed by atoms with E-state index < -0.39 is 0 Å². The van der Waals surface area contributed by atoms with Crippen molar-refractivity contribution in [3.8, 4) is 34.2 Å². The van der Waals surface area contributed by atoms with Crippen molar-refractivity contribution in [2.45, 2.75) is 13.8 Å². The smallest absolute Gasteiger partial charge is 0.254 e. The topological polar surface area (TPSA) is 98.5 Å². The molecule has 0 saturated heterocycles. The van der Waals surface area contributed by atoms with Crippen LogP contribution in [0.25, 0.3) is 39.9 Å². The van der Waals surface area contributed by atoms with Gasteiger partial charge in [-0.05, 0) is 48.9 Å². The molecule has 4 heterocycles. The number of furan rings is 2. The van der Waals surface area contributed by atoms with Crippen molar-refractivity contribution < 1.29 is 13.6 Å². The van der Waals surface area contributed by atoms with Gasteiger partial charge in [0.25, 0.3) is 5.78 Å². The molecular formula is C22H17N5O3. The van der Waals surface area contributed by atoms with E-state index in [1.165, 1.54) is 6.92 Å². The van der Waals surface area contributed by atoms with Crippen LogP contribution in [0.3, 0.4) is 0 Å². The van der Waals surface area contributed by atoms with Crippen LogP contribution in [-0.4, -0.2) is 25.5 Å². The molecule has 0 spiro atoms. The van der Waals surface area contributed by atoms with Crippen LogP contribution >= 0.6 is 0 Å². The molecule has 5 rings (SSSR count). The Morgan fingerprint density at radius 2 is 1.80 bits per heavy atom. The van der Waals surface area contributed by atoms with Gasteiger partial charge < -0.3 is 14.2 Å².